The number of carbonyl (C=O) groups is 1. The Hall–Kier alpha value is -2.71. The maximum Gasteiger partial charge on any atom is 0.234 e. The smallest absolute Gasteiger partial charge is 0.234 e. The predicted molar refractivity (Wildman–Crippen MR) is 128 cm³/mol. The van der Waals surface area contributed by atoms with E-state index in [4.69, 9.17) is 0 Å². The largest absolute Gasteiger partial charge is 0.325 e. The van der Waals surface area contributed by atoms with Crippen LogP contribution in [0.2, 0.25) is 0 Å². The van der Waals surface area contributed by atoms with Crippen molar-refractivity contribution >= 4 is 23.4 Å². The molecule has 1 heterocycles. The number of hydrogen-bond donors (Lipinski definition) is 1. The lowest BCUT2D eigenvalue weighted by Crippen LogP contribution is -2.21. The number of benzene rings is 2. The average molecular weight is 456 g/mol. The Morgan fingerprint density at radius 2 is 1.81 bits per heavy atom. The minimum atomic E-state index is -0.308. The van der Waals surface area contributed by atoms with Gasteiger partial charge in [-0.3, -0.25) is 14.3 Å². The molecular formula is C24H30FN5OS. The Kier molecular flexibility index (Phi) is 8.04. The number of nitrogens with zero attached hydrogens (tertiary/aromatic N) is 4. The topological polar surface area (TPSA) is 63.1 Å². The first-order valence-corrected chi connectivity index (χ1v) is 11.7. The standard InChI is InChI=1S/C24H30FN5OS/c1-6-16(2)20-9-7-8-10-21(20)26-22(31)15-32-24-28-27-23(17(3)29(4)5)30(24)19-13-11-18(25)12-14-19/h7-14,16-17H,6,15H2,1-5H3,(H,26,31). The van der Waals surface area contributed by atoms with Crippen molar-refractivity contribution in [3.63, 3.8) is 0 Å². The van der Waals surface area contributed by atoms with E-state index in [-0.39, 0.29) is 23.5 Å². The van der Waals surface area contributed by atoms with Gasteiger partial charge in [-0.15, -0.1) is 10.2 Å². The van der Waals surface area contributed by atoms with Crippen LogP contribution < -0.4 is 5.32 Å². The molecule has 1 N–H and O–H groups in total. The maximum atomic E-state index is 13.5. The number of para-hydroxylation sites is 1. The van der Waals surface area contributed by atoms with Crippen LogP contribution in [0.1, 0.15) is 50.5 Å². The Balaban J connectivity index is 1.81. The van der Waals surface area contributed by atoms with E-state index >= 15 is 0 Å². The van der Waals surface area contributed by atoms with Crippen molar-refractivity contribution in [2.45, 2.75) is 44.3 Å². The van der Waals surface area contributed by atoms with E-state index in [9.17, 15) is 9.18 Å². The highest BCUT2D eigenvalue weighted by atomic mass is 32.2. The molecule has 0 saturated heterocycles. The number of amides is 1. The van der Waals surface area contributed by atoms with Crippen LogP contribution in [0.3, 0.4) is 0 Å². The molecule has 3 rings (SSSR count). The van der Waals surface area contributed by atoms with Crippen LogP contribution in [0.15, 0.2) is 53.7 Å². The van der Waals surface area contributed by atoms with Gasteiger partial charge in [0, 0.05) is 11.4 Å². The Bertz CT molecular complexity index is 1050. The van der Waals surface area contributed by atoms with Gasteiger partial charge in [-0.2, -0.15) is 0 Å². The molecule has 32 heavy (non-hydrogen) atoms. The van der Waals surface area contributed by atoms with Crippen molar-refractivity contribution < 1.29 is 9.18 Å². The molecule has 2 aromatic carbocycles. The van der Waals surface area contributed by atoms with Gasteiger partial charge in [-0.05, 0) is 69.3 Å². The van der Waals surface area contributed by atoms with Crippen molar-refractivity contribution in [2.75, 3.05) is 25.2 Å². The SMILES string of the molecule is CCC(C)c1ccccc1NC(=O)CSc1nnc(C(C)N(C)C)n1-c1ccc(F)cc1. The Morgan fingerprint density at radius 3 is 2.47 bits per heavy atom. The Labute approximate surface area is 193 Å². The zero-order valence-electron chi connectivity index (χ0n) is 19.2. The first kappa shape index (κ1) is 23.9. The van der Waals surface area contributed by atoms with Crippen LogP contribution >= 0.6 is 11.8 Å². The monoisotopic (exact) mass is 455 g/mol. The molecule has 0 aliphatic rings. The second kappa shape index (κ2) is 10.7. The van der Waals surface area contributed by atoms with Crippen LogP contribution in [-0.4, -0.2) is 45.4 Å². The lowest BCUT2D eigenvalue weighted by molar-refractivity contribution is -0.113. The van der Waals surface area contributed by atoms with Crippen molar-refractivity contribution in [1.29, 1.82) is 0 Å². The van der Waals surface area contributed by atoms with Gasteiger partial charge in [0.05, 0.1) is 11.8 Å². The molecule has 1 aromatic heterocycles. The summed E-state index contributed by atoms with van der Waals surface area (Å²) in [4.78, 5) is 14.8. The number of hydrogen-bond acceptors (Lipinski definition) is 5. The number of thioether (sulfide) groups is 1. The molecule has 6 nitrogen and oxygen atoms in total. The van der Waals surface area contributed by atoms with Gasteiger partial charge in [-0.25, -0.2) is 4.39 Å². The van der Waals surface area contributed by atoms with Gasteiger partial charge in [0.15, 0.2) is 11.0 Å². The number of carbonyl (C=O) groups excluding carboxylic acids is 1. The Morgan fingerprint density at radius 1 is 1.12 bits per heavy atom. The van der Waals surface area contributed by atoms with Crippen molar-refractivity contribution in [3.8, 4) is 5.69 Å². The van der Waals surface area contributed by atoms with E-state index in [1.165, 1.54) is 23.9 Å². The molecule has 0 bridgehead atoms. The molecule has 0 fully saturated rings. The summed E-state index contributed by atoms with van der Waals surface area (Å²) in [5, 5.41) is 12.3. The first-order valence-electron chi connectivity index (χ1n) is 10.7. The minimum Gasteiger partial charge on any atom is -0.325 e. The van der Waals surface area contributed by atoms with E-state index in [2.05, 4.69) is 35.4 Å². The van der Waals surface area contributed by atoms with Gasteiger partial charge in [-0.1, -0.05) is 43.8 Å². The molecule has 0 radical (unpaired) electrons. The average Bonchev–Trinajstić information content (AvgIpc) is 3.21. The predicted octanol–water partition coefficient (Wildman–Crippen LogP) is 5.27. The molecule has 2 unspecified atom stereocenters. The molecular weight excluding hydrogens is 425 g/mol. The summed E-state index contributed by atoms with van der Waals surface area (Å²) in [5.74, 6) is 0.853. The fraction of sp³-hybridized carbons (Fsp3) is 0.375. The van der Waals surface area contributed by atoms with Crippen LogP contribution in [0, 0.1) is 5.82 Å². The van der Waals surface area contributed by atoms with Gasteiger partial charge >= 0.3 is 0 Å². The van der Waals surface area contributed by atoms with Crippen LogP contribution in [-0.2, 0) is 4.79 Å². The number of rotatable bonds is 9. The van der Waals surface area contributed by atoms with E-state index in [0.29, 0.717) is 11.1 Å². The molecule has 0 aliphatic carbocycles. The first-order chi connectivity index (χ1) is 15.3. The number of aromatic nitrogens is 3. The molecule has 0 spiro atoms. The third kappa shape index (κ3) is 5.55. The van der Waals surface area contributed by atoms with Gasteiger partial charge in [0.1, 0.15) is 5.82 Å². The second-order valence-corrected chi connectivity index (χ2v) is 8.97. The molecule has 2 atom stereocenters. The van der Waals surface area contributed by atoms with Gasteiger partial charge in [0.2, 0.25) is 5.91 Å². The third-order valence-corrected chi connectivity index (χ3v) is 6.53. The number of anilines is 1. The zero-order chi connectivity index (χ0) is 23.3. The fourth-order valence-electron chi connectivity index (χ4n) is 3.29. The summed E-state index contributed by atoms with van der Waals surface area (Å²) in [6.45, 7) is 6.31. The van der Waals surface area contributed by atoms with E-state index < -0.39 is 0 Å². The quantitative estimate of drug-likeness (QED) is 0.445. The third-order valence-electron chi connectivity index (χ3n) is 5.60. The normalized spacial score (nSPS) is 13.2. The van der Waals surface area contributed by atoms with Gasteiger partial charge < -0.3 is 5.32 Å². The molecule has 1 amide bonds. The molecule has 8 heteroatoms. The number of halogens is 1. The van der Waals surface area contributed by atoms with Crippen molar-refractivity contribution in [1.82, 2.24) is 19.7 Å². The summed E-state index contributed by atoms with van der Waals surface area (Å²) >= 11 is 1.31. The van der Waals surface area contributed by atoms with E-state index in [0.717, 1.165) is 29.2 Å². The zero-order valence-corrected chi connectivity index (χ0v) is 20.0. The summed E-state index contributed by atoms with van der Waals surface area (Å²) in [5.41, 5.74) is 2.73. The van der Waals surface area contributed by atoms with Crippen molar-refractivity contribution in [3.05, 3.63) is 65.7 Å². The van der Waals surface area contributed by atoms with Crippen molar-refractivity contribution in [2.24, 2.45) is 0 Å². The van der Waals surface area contributed by atoms with E-state index in [1.807, 2.05) is 48.7 Å². The summed E-state index contributed by atoms with van der Waals surface area (Å²) in [6, 6.07) is 14.1. The summed E-state index contributed by atoms with van der Waals surface area (Å²) in [6.07, 6.45) is 0.995. The molecule has 3 aromatic rings. The lowest BCUT2D eigenvalue weighted by atomic mass is 9.97. The van der Waals surface area contributed by atoms with Crippen LogP contribution in [0.5, 0.6) is 0 Å². The van der Waals surface area contributed by atoms with Crippen LogP contribution in [0.25, 0.3) is 5.69 Å². The second-order valence-electron chi connectivity index (χ2n) is 8.03. The van der Waals surface area contributed by atoms with Gasteiger partial charge in [0.25, 0.3) is 0 Å². The van der Waals surface area contributed by atoms with Crippen LogP contribution in [0.4, 0.5) is 10.1 Å². The molecule has 0 aliphatic heterocycles. The number of nitrogens with one attached hydrogen (secondary N) is 1. The summed E-state index contributed by atoms with van der Waals surface area (Å²) < 4.78 is 15.4. The highest BCUT2D eigenvalue weighted by Gasteiger charge is 2.22. The molecule has 0 saturated carbocycles. The van der Waals surface area contributed by atoms with E-state index in [1.54, 1.807) is 12.1 Å². The fourth-order valence-corrected chi connectivity index (χ4v) is 4.04. The highest BCUT2D eigenvalue weighted by molar-refractivity contribution is 7.99. The summed E-state index contributed by atoms with van der Waals surface area (Å²) in [7, 11) is 3.92. The lowest BCUT2D eigenvalue weighted by Gasteiger charge is -2.20. The highest BCUT2D eigenvalue weighted by Crippen LogP contribution is 2.29. The molecule has 170 valence electrons. The maximum absolute atomic E-state index is 13.5. The minimum absolute atomic E-state index is 0.0156.